The standard InChI is InChI=1S/C23H29N/c1-10-21(22-15-17(3)14-18(4)16-22)13-12-19(5)24(9)20(6)23(7,8)11-2/h2,10,12-16H,5-6H2,1,3-4,7-9H3/b13-12-,21-10+. The first-order chi connectivity index (χ1) is 11.1. The van der Waals surface area contributed by atoms with E-state index in [1.54, 1.807) is 0 Å². The minimum absolute atomic E-state index is 0.400. The zero-order valence-corrected chi connectivity index (χ0v) is 15.9. The van der Waals surface area contributed by atoms with Crippen molar-refractivity contribution in [2.75, 3.05) is 7.05 Å². The predicted molar refractivity (Wildman–Crippen MR) is 107 cm³/mol. The molecule has 0 amide bonds. The van der Waals surface area contributed by atoms with Crippen molar-refractivity contribution in [3.63, 3.8) is 0 Å². The Hall–Kier alpha value is -2.46. The summed E-state index contributed by atoms with van der Waals surface area (Å²) in [4.78, 5) is 1.95. The first-order valence-corrected chi connectivity index (χ1v) is 8.15. The Morgan fingerprint density at radius 2 is 1.67 bits per heavy atom. The van der Waals surface area contributed by atoms with Crippen molar-refractivity contribution in [1.82, 2.24) is 4.90 Å². The molecular weight excluding hydrogens is 290 g/mol. The molecule has 0 saturated heterocycles. The molecule has 0 heterocycles. The molecule has 1 nitrogen and oxygen atoms in total. The van der Waals surface area contributed by atoms with Gasteiger partial charge in [-0.3, -0.25) is 0 Å². The number of likely N-dealkylation sites (N-methyl/N-ethyl adjacent to an activating group) is 1. The Kier molecular flexibility index (Phi) is 6.43. The lowest BCUT2D eigenvalue weighted by atomic mass is 9.90. The van der Waals surface area contributed by atoms with Crippen LogP contribution < -0.4 is 0 Å². The summed E-state index contributed by atoms with van der Waals surface area (Å²) in [6.45, 7) is 18.5. The van der Waals surface area contributed by atoms with Gasteiger partial charge in [0.1, 0.15) is 0 Å². The average Bonchev–Trinajstić information content (AvgIpc) is 2.52. The minimum Gasteiger partial charge on any atom is -0.348 e. The number of hydrogen-bond donors (Lipinski definition) is 0. The molecule has 1 heteroatoms. The number of allylic oxidation sites excluding steroid dienone is 5. The predicted octanol–water partition coefficient (Wildman–Crippen LogP) is 5.88. The lowest BCUT2D eigenvalue weighted by Gasteiger charge is -2.30. The monoisotopic (exact) mass is 319 g/mol. The molecule has 24 heavy (non-hydrogen) atoms. The maximum Gasteiger partial charge on any atom is 0.0649 e. The first-order valence-electron chi connectivity index (χ1n) is 8.15. The molecule has 126 valence electrons. The van der Waals surface area contributed by atoms with Crippen LogP contribution in [0.4, 0.5) is 0 Å². The largest absolute Gasteiger partial charge is 0.348 e. The highest BCUT2D eigenvalue weighted by molar-refractivity contribution is 5.75. The molecule has 0 aromatic heterocycles. The second kappa shape index (κ2) is 7.88. The third-order valence-electron chi connectivity index (χ3n) is 4.24. The first kappa shape index (κ1) is 19.6. The molecule has 0 spiro atoms. The van der Waals surface area contributed by atoms with Gasteiger partial charge < -0.3 is 4.90 Å². The van der Waals surface area contributed by atoms with Gasteiger partial charge in [0.15, 0.2) is 0 Å². The number of terminal acetylenes is 1. The van der Waals surface area contributed by atoms with Crippen molar-refractivity contribution in [3.05, 3.63) is 77.7 Å². The summed E-state index contributed by atoms with van der Waals surface area (Å²) >= 11 is 0. The minimum atomic E-state index is -0.400. The summed E-state index contributed by atoms with van der Waals surface area (Å²) in [5.41, 5.74) is 6.21. The molecule has 0 unspecified atom stereocenters. The number of hydrogen-bond acceptors (Lipinski definition) is 1. The van der Waals surface area contributed by atoms with E-state index in [1.165, 1.54) is 16.7 Å². The number of benzene rings is 1. The fraction of sp³-hybridized carbons (Fsp3) is 0.304. The molecule has 0 aliphatic carbocycles. The van der Waals surface area contributed by atoms with E-state index in [9.17, 15) is 0 Å². The van der Waals surface area contributed by atoms with Gasteiger partial charge in [-0.2, -0.15) is 0 Å². The van der Waals surface area contributed by atoms with Crippen LogP contribution in [0.5, 0.6) is 0 Å². The van der Waals surface area contributed by atoms with Crippen LogP contribution in [0.15, 0.2) is 61.0 Å². The van der Waals surface area contributed by atoms with E-state index in [2.05, 4.69) is 63.3 Å². The van der Waals surface area contributed by atoms with Crippen LogP contribution in [0.25, 0.3) is 5.57 Å². The van der Waals surface area contributed by atoms with E-state index in [1.807, 2.05) is 38.8 Å². The van der Waals surface area contributed by atoms with Crippen LogP contribution in [0, 0.1) is 31.6 Å². The van der Waals surface area contributed by atoms with Crippen LogP contribution in [-0.2, 0) is 0 Å². The van der Waals surface area contributed by atoms with Gasteiger partial charge in [-0.15, -0.1) is 6.42 Å². The Morgan fingerprint density at radius 3 is 2.12 bits per heavy atom. The molecular formula is C23H29N. The lowest BCUT2D eigenvalue weighted by Crippen LogP contribution is -2.25. The molecule has 1 rings (SSSR count). The second-order valence-electron chi connectivity index (χ2n) is 6.72. The zero-order chi connectivity index (χ0) is 18.5. The Morgan fingerprint density at radius 1 is 1.12 bits per heavy atom. The normalized spacial score (nSPS) is 12.1. The van der Waals surface area contributed by atoms with Crippen LogP contribution >= 0.6 is 0 Å². The van der Waals surface area contributed by atoms with Gasteiger partial charge in [-0.1, -0.05) is 60.6 Å². The quantitative estimate of drug-likeness (QED) is 0.467. The van der Waals surface area contributed by atoms with Crippen LogP contribution in [0.3, 0.4) is 0 Å². The second-order valence-corrected chi connectivity index (χ2v) is 6.72. The summed E-state index contributed by atoms with van der Waals surface area (Å²) in [6.07, 6.45) is 11.8. The van der Waals surface area contributed by atoms with E-state index < -0.39 is 5.41 Å². The third kappa shape index (κ3) is 4.77. The van der Waals surface area contributed by atoms with Crippen LogP contribution in [-0.4, -0.2) is 11.9 Å². The van der Waals surface area contributed by atoms with E-state index in [4.69, 9.17) is 6.42 Å². The molecule has 0 aliphatic heterocycles. The average molecular weight is 319 g/mol. The molecule has 0 N–H and O–H groups in total. The van der Waals surface area contributed by atoms with Crippen molar-refractivity contribution in [3.8, 4) is 12.3 Å². The maximum absolute atomic E-state index is 5.60. The molecule has 0 saturated carbocycles. The highest BCUT2D eigenvalue weighted by Gasteiger charge is 2.22. The molecule has 1 aromatic carbocycles. The smallest absolute Gasteiger partial charge is 0.0649 e. The SMILES string of the molecule is C#CC(C)(C)C(=C)N(C)C(=C)/C=C\C(=C/C)c1cc(C)cc(C)c1. The fourth-order valence-electron chi connectivity index (χ4n) is 2.47. The van der Waals surface area contributed by atoms with Gasteiger partial charge in [-0.25, -0.2) is 0 Å². The number of rotatable bonds is 6. The van der Waals surface area contributed by atoms with E-state index in [0.29, 0.717) is 0 Å². The van der Waals surface area contributed by atoms with Gasteiger partial charge in [0, 0.05) is 18.4 Å². The molecule has 0 fully saturated rings. The van der Waals surface area contributed by atoms with Gasteiger partial charge in [0.2, 0.25) is 0 Å². The third-order valence-corrected chi connectivity index (χ3v) is 4.24. The Balaban J connectivity index is 3.00. The Labute approximate surface area is 148 Å². The Bertz CT molecular complexity index is 716. The molecule has 1 aromatic rings. The highest BCUT2D eigenvalue weighted by Crippen LogP contribution is 2.28. The van der Waals surface area contributed by atoms with E-state index in [0.717, 1.165) is 17.0 Å². The van der Waals surface area contributed by atoms with Crippen molar-refractivity contribution in [2.24, 2.45) is 5.41 Å². The van der Waals surface area contributed by atoms with Gasteiger partial charge in [-0.05, 0) is 51.8 Å². The van der Waals surface area contributed by atoms with Crippen LogP contribution in [0.2, 0.25) is 0 Å². The van der Waals surface area contributed by atoms with Gasteiger partial charge in [0.05, 0.1) is 5.41 Å². The van der Waals surface area contributed by atoms with Gasteiger partial charge >= 0.3 is 0 Å². The summed E-state index contributed by atoms with van der Waals surface area (Å²) in [5, 5.41) is 0. The van der Waals surface area contributed by atoms with Crippen molar-refractivity contribution >= 4 is 5.57 Å². The summed E-state index contributed by atoms with van der Waals surface area (Å²) < 4.78 is 0. The van der Waals surface area contributed by atoms with Gasteiger partial charge in [0.25, 0.3) is 0 Å². The topological polar surface area (TPSA) is 3.24 Å². The van der Waals surface area contributed by atoms with E-state index >= 15 is 0 Å². The number of aryl methyl sites for hydroxylation is 2. The highest BCUT2D eigenvalue weighted by atomic mass is 15.1. The van der Waals surface area contributed by atoms with Crippen molar-refractivity contribution in [1.29, 1.82) is 0 Å². The fourth-order valence-corrected chi connectivity index (χ4v) is 2.47. The maximum atomic E-state index is 5.60. The summed E-state index contributed by atoms with van der Waals surface area (Å²) in [6, 6.07) is 6.57. The number of nitrogens with zero attached hydrogens (tertiary/aromatic N) is 1. The lowest BCUT2D eigenvalue weighted by molar-refractivity contribution is 0.415. The van der Waals surface area contributed by atoms with E-state index in [-0.39, 0.29) is 0 Å². The van der Waals surface area contributed by atoms with Crippen LogP contribution in [0.1, 0.15) is 37.5 Å². The summed E-state index contributed by atoms with van der Waals surface area (Å²) in [7, 11) is 1.94. The summed E-state index contributed by atoms with van der Waals surface area (Å²) in [5.74, 6) is 2.77. The molecule has 0 aliphatic rings. The zero-order valence-electron chi connectivity index (χ0n) is 15.9. The molecule has 0 bridgehead atoms. The van der Waals surface area contributed by atoms with Crippen molar-refractivity contribution in [2.45, 2.75) is 34.6 Å². The molecule has 0 radical (unpaired) electrons. The molecule has 0 atom stereocenters. The van der Waals surface area contributed by atoms with Crippen molar-refractivity contribution < 1.29 is 0 Å².